The minimum Gasteiger partial charge on any atom is -0.337 e. The first-order valence-electron chi connectivity index (χ1n) is 9.08. The summed E-state index contributed by atoms with van der Waals surface area (Å²) in [4.78, 5) is 18.5. The maximum atomic E-state index is 12.6. The highest BCUT2D eigenvalue weighted by Gasteiger charge is 2.30. The van der Waals surface area contributed by atoms with Gasteiger partial charge in [0.2, 0.25) is 5.91 Å². The Bertz CT molecular complexity index is 544. The predicted molar refractivity (Wildman–Crippen MR) is 93.6 cm³/mol. The Morgan fingerprint density at radius 1 is 1.26 bits per heavy atom. The molecule has 2 fully saturated rings. The maximum Gasteiger partial charge on any atom is 0.237 e. The van der Waals surface area contributed by atoms with Crippen LogP contribution in [-0.2, 0) is 17.8 Å². The summed E-state index contributed by atoms with van der Waals surface area (Å²) in [5.74, 6) is 1.14. The fourth-order valence-corrected chi connectivity index (χ4v) is 5.27. The van der Waals surface area contributed by atoms with Gasteiger partial charge in [-0.2, -0.15) is 0 Å². The lowest BCUT2D eigenvalue weighted by atomic mass is 9.88. The number of likely N-dealkylation sites (tertiary alicyclic amines) is 1. The van der Waals surface area contributed by atoms with Crippen LogP contribution in [0.4, 0.5) is 0 Å². The van der Waals surface area contributed by atoms with E-state index in [4.69, 9.17) is 0 Å². The standard InChI is InChI=1S/C18H27N3OS/c22-18(21-10-5-17-15(12-21)6-11-23-17)13-20-8-3-14(4-9-20)16-2-1-7-19-16/h6,11,14,16,19H,1-5,7-10,12-13H2. The number of rotatable bonds is 3. The average molecular weight is 334 g/mol. The molecule has 23 heavy (non-hydrogen) atoms. The van der Waals surface area contributed by atoms with Gasteiger partial charge in [-0.1, -0.05) is 0 Å². The first-order chi connectivity index (χ1) is 11.3. The van der Waals surface area contributed by atoms with Gasteiger partial charge in [-0.05, 0) is 74.7 Å². The van der Waals surface area contributed by atoms with E-state index in [9.17, 15) is 4.79 Å². The molecule has 0 aliphatic carbocycles. The molecule has 1 atom stereocenters. The molecule has 4 rings (SSSR count). The molecule has 4 nitrogen and oxygen atoms in total. The molecule has 1 amide bonds. The van der Waals surface area contributed by atoms with Gasteiger partial charge in [-0.15, -0.1) is 11.3 Å². The largest absolute Gasteiger partial charge is 0.337 e. The van der Waals surface area contributed by atoms with Crippen LogP contribution in [0.3, 0.4) is 0 Å². The lowest BCUT2D eigenvalue weighted by Gasteiger charge is -2.36. The first-order valence-corrected chi connectivity index (χ1v) is 9.96. The van der Waals surface area contributed by atoms with Crippen LogP contribution in [0.25, 0.3) is 0 Å². The van der Waals surface area contributed by atoms with E-state index in [1.165, 1.54) is 42.7 Å². The van der Waals surface area contributed by atoms with Gasteiger partial charge in [0.1, 0.15) is 0 Å². The number of hydrogen-bond donors (Lipinski definition) is 1. The van der Waals surface area contributed by atoms with E-state index < -0.39 is 0 Å². The maximum absolute atomic E-state index is 12.6. The van der Waals surface area contributed by atoms with Crippen LogP contribution in [0, 0.1) is 5.92 Å². The summed E-state index contributed by atoms with van der Waals surface area (Å²) in [5.41, 5.74) is 1.36. The van der Waals surface area contributed by atoms with Crippen molar-refractivity contribution in [3.8, 4) is 0 Å². The summed E-state index contributed by atoms with van der Waals surface area (Å²) in [6, 6.07) is 2.92. The van der Waals surface area contributed by atoms with Gasteiger partial charge in [-0.3, -0.25) is 9.69 Å². The van der Waals surface area contributed by atoms with Crippen LogP contribution in [0.15, 0.2) is 11.4 Å². The third-order valence-corrected chi connectivity index (χ3v) is 6.84. The molecule has 0 bridgehead atoms. The zero-order valence-electron chi connectivity index (χ0n) is 13.8. The molecule has 4 heterocycles. The summed E-state index contributed by atoms with van der Waals surface area (Å²) >= 11 is 1.83. The molecule has 126 valence electrons. The number of thiophene rings is 1. The zero-order chi connectivity index (χ0) is 15.6. The van der Waals surface area contributed by atoms with Gasteiger partial charge in [0.05, 0.1) is 6.54 Å². The highest BCUT2D eigenvalue weighted by Crippen LogP contribution is 2.26. The van der Waals surface area contributed by atoms with Crippen molar-refractivity contribution in [2.75, 3.05) is 32.7 Å². The van der Waals surface area contributed by atoms with Gasteiger partial charge in [0.25, 0.3) is 0 Å². The van der Waals surface area contributed by atoms with Crippen molar-refractivity contribution >= 4 is 17.2 Å². The van der Waals surface area contributed by atoms with E-state index in [0.717, 1.165) is 44.6 Å². The number of carbonyl (C=O) groups is 1. The van der Waals surface area contributed by atoms with Crippen LogP contribution in [0.5, 0.6) is 0 Å². The van der Waals surface area contributed by atoms with Crippen LogP contribution in [-0.4, -0.2) is 54.5 Å². The summed E-state index contributed by atoms with van der Waals surface area (Å²) in [5, 5.41) is 5.80. The Kier molecular flexibility index (Phi) is 4.69. The fourth-order valence-electron chi connectivity index (χ4n) is 4.38. The van der Waals surface area contributed by atoms with E-state index in [0.29, 0.717) is 12.5 Å². The predicted octanol–water partition coefficient (Wildman–Crippen LogP) is 2.10. The second-order valence-corrected chi connectivity index (χ2v) is 8.25. The van der Waals surface area contributed by atoms with E-state index in [1.54, 1.807) is 0 Å². The first kappa shape index (κ1) is 15.6. The Hall–Kier alpha value is -0.910. The van der Waals surface area contributed by atoms with Crippen LogP contribution >= 0.6 is 11.3 Å². The minimum absolute atomic E-state index is 0.319. The van der Waals surface area contributed by atoms with E-state index in [1.807, 2.05) is 11.3 Å². The number of nitrogens with one attached hydrogen (secondary N) is 1. The molecule has 0 radical (unpaired) electrons. The van der Waals surface area contributed by atoms with Crippen molar-refractivity contribution in [1.82, 2.24) is 15.1 Å². The topological polar surface area (TPSA) is 35.6 Å². The molecule has 3 aliphatic heterocycles. The number of fused-ring (bicyclic) bond motifs is 1. The van der Waals surface area contributed by atoms with Crippen LogP contribution in [0.1, 0.15) is 36.1 Å². The Labute approximate surface area is 142 Å². The molecule has 1 N–H and O–H groups in total. The van der Waals surface area contributed by atoms with Crippen LogP contribution < -0.4 is 5.32 Å². The molecule has 1 aromatic heterocycles. The molecule has 1 unspecified atom stereocenters. The van der Waals surface area contributed by atoms with Gasteiger partial charge in [-0.25, -0.2) is 0 Å². The number of amides is 1. The van der Waals surface area contributed by atoms with Crippen molar-refractivity contribution in [1.29, 1.82) is 0 Å². The monoisotopic (exact) mass is 333 g/mol. The zero-order valence-corrected chi connectivity index (χ0v) is 14.6. The van der Waals surface area contributed by atoms with Crippen molar-refractivity contribution in [3.63, 3.8) is 0 Å². The summed E-state index contributed by atoms with van der Waals surface area (Å²) in [6.45, 7) is 5.71. The fraction of sp³-hybridized carbons (Fsp3) is 0.722. The molecule has 0 saturated carbocycles. The third-order valence-electron chi connectivity index (χ3n) is 5.82. The molecule has 2 saturated heterocycles. The highest BCUT2D eigenvalue weighted by atomic mass is 32.1. The van der Waals surface area contributed by atoms with Gasteiger partial charge in [0.15, 0.2) is 0 Å². The quantitative estimate of drug-likeness (QED) is 0.920. The van der Waals surface area contributed by atoms with E-state index in [2.05, 4.69) is 26.6 Å². The number of piperidine rings is 1. The normalized spacial score (nSPS) is 26.4. The lowest BCUT2D eigenvalue weighted by molar-refractivity contribution is -0.133. The summed E-state index contributed by atoms with van der Waals surface area (Å²) in [6.07, 6.45) is 6.22. The summed E-state index contributed by atoms with van der Waals surface area (Å²) < 4.78 is 0. The molecule has 0 aromatic carbocycles. The van der Waals surface area contributed by atoms with Gasteiger partial charge in [0, 0.05) is 24.0 Å². The minimum atomic E-state index is 0.319. The van der Waals surface area contributed by atoms with E-state index in [-0.39, 0.29) is 0 Å². The molecule has 0 spiro atoms. The Balaban J connectivity index is 1.25. The average Bonchev–Trinajstić information content (AvgIpc) is 3.26. The molecule has 5 heteroatoms. The SMILES string of the molecule is O=C(CN1CCC(C2CCCN2)CC1)N1CCc2sccc2C1. The van der Waals surface area contributed by atoms with E-state index >= 15 is 0 Å². The Morgan fingerprint density at radius 2 is 2.13 bits per heavy atom. The molecular weight excluding hydrogens is 306 g/mol. The lowest BCUT2D eigenvalue weighted by Crippen LogP contribution is -2.46. The molecular formula is C18H27N3OS. The Morgan fingerprint density at radius 3 is 2.91 bits per heavy atom. The van der Waals surface area contributed by atoms with Crippen molar-refractivity contribution in [3.05, 3.63) is 21.9 Å². The van der Waals surface area contributed by atoms with Crippen molar-refractivity contribution in [2.45, 2.75) is 44.7 Å². The number of nitrogens with zero attached hydrogens (tertiary/aromatic N) is 2. The van der Waals surface area contributed by atoms with Crippen molar-refractivity contribution < 1.29 is 4.79 Å². The second kappa shape index (κ2) is 6.91. The molecule has 3 aliphatic rings. The van der Waals surface area contributed by atoms with Crippen LogP contribution in [0.2, 0.25) is 0 Å². The summed E-state index contributed by atoms with van der Waals surface area (Å²) in [7, 11) is 0. The smallest absolute Gasteiger partial charge is 0.237 e. The number of hydrogen-bond acceptors (Lipinski definition) is 4. The van der Waals surface area contributed by atoms with Gasteiger partial charge < -0.3 is 10.2 Å². The molecule has 1 aromatic rings. The second-order valence-electron chi connectivity index (χ2n) is 7.25. The van der Waals surface area contributed by atoms with Crippen molar-refractivity contribution in [2.24, 2.45) is 5.92 Å². The number of carbonyl (C=O) groups excluding carboxylic acids is 1. The highest BCUT2D eigenvalue weighted by molar-refractivity contribution is 7.10. The third kappa shape index (κ3) is 3.47. The van der Waals surface area contributed by atoms with Gasteiger partial charge >= 0.3 is 0 Å².